The third-order valence-electron chi connectivity index (χ3n) is 1.40. The maximum absolute atomic E-state index is 10.4. The summed E-state index contributed by atoms with van der Waals surface area (Å²) in [5.74, 6) is 0. The van der Waals surface area contributed by atoms with E-state index in [1.165, 1.54) is 6.07 Å². The third-order valence-corrected chi connectivity index (χ3v) is 3.47. The number of hydrogen-bond donors (Lipinski definition) is 0. The second-order valence-corrected chi connectivity index (χ2v) is 4.65. The fraction of sp³-hybridized carbons (Fsp3) is 0.111. The van der Waals surface area contributed by atoms with Gasteiger partial charge in [0.05, 0.1) is 0 Å². The predicted molar refractivity (Wildman–Crippen MR) is 53.5 cm³/mol. The predicted octanol–water partition coefficient (Wildman–Crippen LogP) is 1.53. The van der Waals surface area contributed by atoms with E-state index in [0.29, 0.717) is 0 Å². The SMILES string of the molecule is C=CC[Se]c1cccc([N+](=O)[O-])c1. The molecule has 0 saturated carbocycles. The monoisotopic (exact) mass is 243 g/mol. The van der Waals surface area contributed by atoms with Gasteiger partial charge in [-0.05, 0) is 0 Å². The molecule has 0 saturated heterocycles. The number of allylic oxidation sites excluding steroid dienone is 1. The van der Waals surface area contributed by atoms with Crippen LogP contribution in [0.1, 0.15) is 0 Å². The average Bonchev–Trinajstić information content (AvgIpc) is 2.15. The minimum atomic E-state index is -0.368. The molecular weight excluding hydrogens is 233 g/mol. The van der Waals surface area contributed by atoms with E-state index in [9.17, 15) is 10.1 Å². The second-order valence-electron chi connectivity index (χ2n) is 2.35. The van der Waals surface area contributed by atoms with Crippen LogP contribution in [0.2, 0.25) is 5.32 Å². The zero-order valence-corrected chi connectivity index (χ0v) is 8.69. The Labute approximate surface area is 82.8 Å². The Hall–Kier alpha value is -1.12. The molecule has 0 aromatic heterocycles. The van der Waals surface area contributed by atoms with Crippen LogP contribution in [0.15, 0.2) is 36.9 Å². The van der Waals surface area contributed by atoms with Crippen LogP contribution in [0.3, 0.4) is 0 Å². The van der Waals surface area contributed by atoms with Gasteiger partial charge in [0.2, 0.25) is 0 Å². The number of nitro benzene ring substituents is 1. The van der Waals surface area contributed by atoms with Crippen LogP contribution < -0.4 is 4.46 Å². The molecule has 0 bridgehead atoms. The first-order valence-electron chi connectivity index (χ1n) is 3.72. The number of nitrogens with zero attached hydrogens (tertiary/aromatic N) is 1. The van der Waals surface area contributed by atoms with Crippen LogP contribution in [0.25, 0.3) is 0 Å². The molecule has 0 spiro atoms. The van der Waals surface area contributed by atoms with E-state index in [-0.39, 0.29) is 25.6 Å². The number of rotatable bonds is 4. The summed E-state index contributed by atoms with van der Waals surface area (Å²) < 4.78 is 1.04. The van der Waals surface area contributed by atoms with E-state index < -0.39 is 0 Å². The van der Waals surface area contributed by atoms with Gasteiger partial charge in [0.1, 0.15) is 0 Å². The molecule has 0 fully saturated rings. The van der Waals surface area contributed by atoms with Gasteiger partial charge in [0.15, 0.2) is 0 Å². The van der Waals surface area contributed by atoms with Crippen molar-refractivity contribution in [1.29, 1.82) is 0 Å². The Morgan fingerprint density at radius 3 is 3.00 bits per heavy atom. The van der Waals surface area contributed by atoms with Gasteiger partial charge in [-0.2, -0.15) is 0 Å². The average molecular weight is 242 g/mol. The van der Waals surface area contributed by atoms with Gasteiger partial charge in [-0.15, -0.1) is 0 Å². The number of benzene rings is 1. The number of non-ortho nitro benzene ring substituents is 1. The molecule has 3 nitrogen and oxygen atoms in total. The summed E-state index contributed by atoms with van der Waals surface area (Å²) in [5, 5.41) is 11.3. The number of nitro groups is 1. The van der Waals surface area contributed by atoms with Gasteiger partial charge in [-0.25, -0.2) is 0 Å². The first-order valence-corrected chi connectivity index (χ1v) is 5.79. The first kappa shape index (κ1) is 9.96. The Morgan fingerprint density at radius 2 is 2.38 bits per heavy atom. The van der Waals surface area contributed by atoms with Crippen molar-refractivity contribution in [3.63, 3.8) is 0 Å². The topological polar surface area (TPSA) is 43.1 Å². The maximum atomic E-state index is 10.4. The molecule has 4 heteroatoms. The molecule has 0 aliphatic carbocycles. The van der Waals surface area contributed by atoms with Crippen LogP contribution in [-0.4, -0.2) is 19.9 Å². The summed E-state index contributed by atoms with van der Waals surface area (Å²) in [7, 11) is 0. The van der Waals surface area contributed by atoms with Crippen molar-refractivity contribution in [3.05, 3.63) is 47.0 Å². The van der Waals surface area contributed by atoms with Crippen LogP contribution in [0.4, 0.5) is 5.69 Å². The van der Waals surface area contributed by atoms with Crippen LogP contribution in [0, 0.1) is 10.1 Å². The van der Waals surface area contributed by atoms with Gasteiger partial charge in [-0.3, -0.25) is 0 Å². The molecule has 0 atom stereocenters. The second kappa shape index (κ2) is 4.80. The van der Waals surface area contributed by atoms with E-state index in [1.807, 2.05) is 12.1 Å². The van der Waals surface area contributed by atoms with Crippen molar-refractivity contribution in [2.24, 2.45) is 0 Å². The van der Waals surface area contributed by atoms with Crippen molar-refractivity contribution in [1.82, 2.24) is 0 Å². The normalized spacial score (nSPS) is 9.54. The zero-order valence-electron chi connectivity index (χ0n) is 6.97. The molecular formula is C9H9NO2Se. The minimum absolute atomic E-state index is 0.170. The third kappa shape index (κ3) is 3.01. The van der Waals surface area contributed by atoms with Crippen molar-refractivity contribution in [2.45, 2.75) is 5.32 Å². The molecule has 68 valence electrons. The van der Waals surface area contributed by atoms with Crippen molar-refractivity contribution >= 4 is 25.1 Å². The quantitative estimate of drug-likeness (QED) is 0.348. The number of hydrogen-bond acceptors (Lipinski definition) is 2. The standard InChI is InChI=1S/C9H9NO2Se/c1-2-6-13-9-5-3-4-8(7-9)10(11)12/h2-5,7H,1,6H2. The van der Waals surface area contributed by atoms with E-state index in [0.717, 1.165) is 9.78 Å². The molecule has 0 aliphatic rings. The van der Waals surface area contributed by atoms with E-state index in [2.05, 4.69) is 6.58 Å². The van der Waals surface area contributed by atoms with Gasteiger partial charge in [-0.1, -0.05) is 0 Å². The van der Waals surface area contributed by atoms with Crippen molar-refractivity contribution in [3.8, 4) is 0 Å². The van der Waals surface area contributed by atoms with Crippen LogP contribution in [-0.2, 0) is 0 Å². The van der Waals surface area contributed by atoms with Crippen LogP contribution >= 0.6 is 0 Å². The Kier molecular flexibility index (Phi) is 3.68. The molecule has 0 aliphatic heterocycles. The molecule has 1 rings (SSSR count). The molecule has 13 heavy (non-hydrogen) atoms. The molecule has 0 heterocycles. The Bertz CT molecular complexity index is 325. The zero-order chi connectivity index (χ0) is 9.68. The molecule has 0 amide bonds. The Morgan fingerprint density at radius 1 is 1.62 bits per heavy atom. The summed E-state index contributed by atoms with van der Waals surface area (Å²) in [6.07, 6.45) is 1.83. The van der Waals surface area contributed by atoms with Crippen LogP contribution in [0.5, 0.6) is 0 Å². The molecule has 0 unspecified atom stereocenters. The van der Waals surface area contributed by atoms with Gasteiger partial charge < -0.3 is 0 Å². The summed E-state index contributed by atoms with van der Waals surface area (Å²) in [6.45, 7) is 3.62. The summed E-state index contributed by atoms with van der Waals surface area (Å²) in [4.78, 5) is 10.1. The first-order chi connectivity index (χ1) is 6.24. The Balaban J connectivity index is 2.79. The van der Waals surface area contributed by atoms with Gasteiger partial charge in [0.25, 0.3) is 0 Å². The van der Waals surface area contributed by atoms with E-state index in [1.54, 1.807) is 12.1 Å². The summed E-state index contributed by atoms with van der Waals surface area (Å²) in [6, 6.07) is 6.77. The summed E-state index contributed by atoms with van der Waals surface area (Å²) in [5.41, 5.74) is 0.170. The fourth-order valence-corrected chi connectivity index (χ4v) is 2.29. The van der Waals surface area contributed by atoms with E-state index in [4.69, 9.17) is 0 Å². The van der Waals surface area contributed by atoms with E-state index >= 15 is 0 Å². The summed E-state index contributed by atoms with van der Waals surface area (Å²) >= 11 is 0.272. The molecule has 0 radical (unpaired) electrons. The van der Waals surface area contributed by atoms with Crippen molar-refractivity contribution in [2.75, 3.05) is 0 Å². The fourth-order valence-electron chi connectivity index (χ4n) is 0.842. The van der Waals surface area contributed by atoms with Gasteiger partial charge >= 0.3 is 82.4 Å². The van der Waals surface area contributed by atoms with Gasteiger partial charge in [0, 0.05) is 0 Å². The molecule has 0 N–H and O–H groups in total. The van der Waals surface area contributed by atoms with Crippen molar-refractivity contribution < 1.29 is 4.92 Å². The molecule has 1 aromatic rings. The molecule has 1 aromatic carbocycles.